The Morgan fingerprint density at radius 2 is 1.60 bits per heavy atom. The average molecular weight is 280 g/mol. The van der Waals surface area contributed by atoms with E-state index < -0.39 is 7.12 Å². The Hall–Kier alpha value is -0.275. The van der Waals surface area contributed by atoms with Gasteiger partial charge in [-0.25, -0.2) is 0 Å². The molecular formula is C17H33BO2. The van der Waals surface area contributed by atoms with E-state index in [0.29, 0.717) is 0 Å². The Labute approximate surface area is 125 Å². The summed E-state index contributed by atoms with van der Waals surface area (Å²) in [6, 6.07) is 0. The number of hydrogen-bond donors (Lipinski definition) is 2. The number of rotatable bonds is 3. The summed E-state index contributed by atoms with van der Waals surface area (Å²) < 4.78 is 0. The van der Waals surface area contributed by atoms with Gasteiger partial charge in [0.05, 0.1) is 0 Å². The van der Waals surface area contributed by atoms with Crippen LogP contribution in [0.2, 0.25) is 0 Å². The fraction of sp³-hybridized carbons (Fsp3) is 0.882. The van der Waals surface area contributed by atoms with Gasteiger partial charge in [0.1, 0.15) is 0 Å². The van der Waals surface area contributed by atoms with Crippen LogP contribution >= 0.6 is 0 Å². The van der Waals surface area contributed by atoms with Gasteiger partial charge in [-0.2, -0.15) is 0 Å². The predicted molar refractivity (Wildman–Crippen MR) is 87.3 cm³/mol. The zero-order chi connectivity index (χ0) is 15.0. The maximum absolute atomic E-state index is 9.10. The molecule has 20 heavy (non-hydrogen) atoms. The normalized spacial score (nSPS) is 30.1. The van der Waals surface area contributed by atoms with E-state index in [-0.39, 0.29) is 0 Å². The third-order valence-corrected chi connectivity index (χ3v) is 5.05. The molecule has 0 amide bonds. The lowest BCUT2D eigenvalue weighted by molar-refractivity contribution is 0.200. The molecule has 0 radical (unpaired) electrons. The lowest BCUT2D eigenvalue weighted by Gasteiger charge is -2.34. The topological polar surface area (TPSA) is 40.5 Å². The second-order valence-corrected chi connectivity index (χ2v) is 6.71. The van der Waals surface area contributed by atoms with E-state index in [1.54, 1.807) is 0 Å². The number of allylic oxidation sites excluding steroid dienone is 2. The molecule has 0 spiro atoms. The van der Waals surface area contributed by atoms with Crippen LogP contribution in [0.15, 0.2) is 11.5 Å². The van der Waals surface area contributed by atoms with Crippen molar-refractivity contribution in [3.05, 3.63) is 11.5 Å². The first-order valence-electron chi connectivity index (χ1n) is 8.63. The van der Waals surface area contributed by atoms with Crippen molar-refractivity contribution in [3.63, 3.8) is 0 Å². The molecule has 0 heterocycles. The Morgan fingerprint density at radius 1 is 1.00 bits per heavy atom. The number of unbranched alkanes of at least 4 members (excludes halogenated alkanes) is 1. The van der Waals surface area contributed by atoms with Crippen LogP contribution in [0.25, 0.3) is 0 Å². The maximum atomic E-state index is 9.10. The van der Waals surface area contributed by atoms with Crippen LogP contribution in [0.4, 0.5) is 0 Å². The smallest absolute Gasteiger partial charge is 0.423 e. The van der Waals surface area contributed by atoms with Crippen molar-refractivity contribution in [1.82, 2.24) is 0 Å². The minimum Gasteiger partial charge on any atom is -0.423 e. The zero-order valence-corrected chi connectivity index (χ0v) is 13.6. The van der Waals surface area contributed by atoms with E-state index >= 15 is 0 Å². The summed E-state index contributed by atoms with van der Waals surface area (Å²) >= 11 is 0. The van der Waals surface area contributed by atoms with E-state index in [0.717, 1.165) is 42.5 Å². The van der Waals surface area contributed by atoms with Gasteiger partial charge in [0, 0.05) is 0 Å². The van der Waals surface area contributed by atoms with Gasteiger partial charge in [0.15, 0.2) is 0 Å². The zero-order valence-electron chi connectivity index (χ0n) is 13.6. The first-order chi connectivity index (χ1) is 9.58. The fourth-order valence-corrected chi connectivity index (χ4v) is 3.29. The molecule has 0 bridgehead atoms. The predicted octanol–water partition coefficient (Wildman–Crippen LogP) is 4.36. The lowest BCUT2D eigenvalue weighted by Crippen LogP contribution is -2.25. The second-order valence-electron chi connectivity index (χ2n) is 6.71. The van der Waals surface area contributed by atoms with E-state index in [4.69, 9.17) is 10.0 Å². The van der Waals surface area contributed by atoms with Crippen molar-refractivity contribution in [1.29, 1.82) is 0 Å². The van der Waals surface area contributed by atoms with E-state index in [1.807, 2.05) is 0 Å². The van der Waals surface area contributed by atoms with E-state index in [2.05, 4.69) is 26.8 Å². The van der Waals surface area contributed by atoms with Crippen molar-refractivity contribution in [3.8, 4) is 0 Å². The van der Waals surface area contributed by atoms with Gasteiger partial charge in [-0.3, -0.25) is 0 Å². The lowest BCUT2D eigenvalue weighted by atomic mass is 9.66. The molecule has 0 aromatic heterocycles. The SMILES string of the molecule is CC1CCC(C2CC=C(B(O)O)CC2)CC1.CCCC. The summed E-state index contributed by atoms with van der Waals surface area (Å²) in [6.45, 7) is 6.72. The molecule has 0 aromatic rings. The minimum atomic E-state index is -1.22. The molecular weight excluding hydrogens is 247 g/mol. The molecule has 2 aliphatic rings. The van der Waals surface area contributed by atoms with Crippen molar-refractivity contribution in [2.24, 2.45) is 17.8 Å². The van der Waals surface area contributed by atoms with Gasteiger partial charge >= 0.3 is 7.12 Å². The van der Waals surface area contributed by atoms with Crippen LogP contribution < -0.4 is 0 Å². The molecule has 2 rings (SSSR count). The van der Waals surface area contributed by atoms with Crippen LogP contribution in [0.1, 0.15) is 78.6 Å². The highest BCUT2D eigenvalue weighted by atomic mass is 16.4. The average Bonchev–Trinajstić information content (AvgIpc) is 2.48. The van der Waals surface area contributed by atoms with Gasteiger partial charge in [-0.1, -0.05) is 52.5 Å². The molecule has 0 aromatic carbocycles. The molecule has 116 valence electrons. The third kappa shape index (κ3) is 6.01. The molecule has 2 nitrogen and oxygen atoms in total. The van der Waals surface area contributed by atoms with Crippen molar-refractivity contribution in [2.45, 2.75) is 78.6 Å². The van der Waals surface area contributed by atoms with Crippen molar-refractivity contribution in [2.75, 3.05) is 0 Å². The first kappa shape index (κ1) is 17.8. The molecule has 2 aliphatic carbocycles. The maximum Gasteiger partial charge on any atom is 0.483 e. The standard InChI is InChI=1S/C13H23BO2.C4H10/c1-10-2-4-11(5-3-10)12-6-8-13(9-7-12)14(15)16;1-3-4-2/h8,10-12,15-16H,2-7,9H2,1H3;3-4H2,1-2H3. The Kier molecular flexibility index (Phi) is 8.55. The van der Waals surface area contributed by atoms with E-state index in [1.165, 1.54) is 38.5 Å². The quantitative estimate of drug-likeness (QED) is 0.754. The van der Waals surface area contributed by atoms with Crippen LogP contribution in [0, 0.1) is 17.8 Å². The highest BCUT2D eigenvalue weighted by Gasteiger charge is 2.29. The molecule has 1 fully saturated rings. The largest absolute Gasteiger partial charge is 0.483 e. The van der Waals surface area contributed by atoms with Crippen LogP contribution in [0.5, 0.6) is 0 Å². The third-order valence-electron chi connectivity index (χ3n) is 5.05. The van der Waals surface area contributed by atoms with Gasteiger partial charge in [0.2, 0.25) is 0 Å². The van der Waals surface area contributed by atoms with E-state index in [9.17, 15) is 0 Å². The van der Waals surface area contributed by atoms with Crippen molar-refractivity contribution < 1.29 is 10.0 Å². The Morgan fingerprint density at radius 3 is 2.00 bits per heavy atom. The molecule has 1 unspecified atom stereocenters. The highest BCUT2D eigenvalue weighted by Crippen LogP contribution is 2.39. The summed E-state index contributed by atoms with van der Waals surface area (Å²) in [5, 5.41) is 18.2. The van der Waals surface area contributed by atoms with Gasteiger partial charge < -0.3 is 10.0 Å². The molecule has 0 saturated heterocycles. The van der Waals surface area contributed by atoms with Gasteiger partial charge in [-0.15, -0.1) is 0 Å². The number of hydrogen-bond acceptors (Lipinski definition) is 2. The van der Waals surface area contributed by atoms with Gasteiger partial charge in [-0.05, 0) is 55.3 Å². The summed E-state index contributed by atoms with van der Waals surface area (Å²) in [5.74, 6) is 2.62. The van der Waals surface area contributed by atoms with Gasteiger partial charge in [0.25, 0.3) is 0 Å². The summed E-state index contributed by atoms with van der Waals surface area (Å²) in [4.78, 5) is 0. The Balaban J connectivity index is 0.000000444. The molecule has 0 aliphatic heterocycles. The summed E-state index contributed by atoms with van der Waals surface area (Å²) in [7, 11) is -1.22. The Bertz CT molecular complexity index is 279. The molecule has 2 N–H and O–H groups in total. The van der Waals surface area contributed by atoms with Crippen LogP contribution in [0.3, 0.4) is 0 Å². The molecule has 1 atom stereocenters. The van der Waals surface area contributed by atoms with Crippen LogP contribution in [-0.2, 0) is 0 Å². The summed E-state index contributed by atoms with van der Waals surface area (Å²) in [6.07, 6.45) is 13.4. The summed E-state index contributed by atoms with van der Waals surface area (Å²) in [5.41, 5.74) is 0.834. The minimum absolute atomic E-state index is 0.801. The highest BCUT2D eigenvalue weighted by molar-refractivity contribution is 6.50. The molecule has 1 saturated carbocycles. The second kappa shape index (κ2) is 9.62. The first-order valence-corrected chi connectivity index (χ1v) is 8.63. The van der Waals surface area contributed by atoms with Crippen molar-refractivity contribution >= 4 is 7.12 Å². The van der Waals surface area contributed by atoms with Crippen LogP contribution in [-0.4, -0.2) is 17.2 Å². The monoisotopic (exact) mass is 280 g/mol. The fourth-order valence-electron chi connectivity index (χ4n) is 3.29. The molecule has 3 heteroatoms.